The predicted octanol–water partition coefficient (Wildman–Crippen LogP) is 1.08. The van der Waals surface area contributed by atoms with Crippen LogP contribution in [0.1, 0.15) is 10.4 Å². The van der Waals surface area contributed by atoms with Gasteiger partial charge in [0.05, 0.1) is 0 Å². The van der Waals surface area contributed by atoms with Gasteiger partial charge < -0.3 is 5.73 Å². The van der Waals surface area contributed by atoms with Gasteiger partial charge in [-0.2, -0.15) is 0 Å². The molecule has 0 saturated heterocycles. The lowest BCUT2D eigenvalue weighted by molar-refractivity contribution is 0.583. The minimum absolute atomic E-state index is 0.251. The topological polar surface area (TPSA) is 85.1 Å². The van der Waals surface area contributed by atoms with Crippen LogP contribution >= 0.6 is 11.3 Å². The minimum atomic E-state index is -3.46. The van der Waals surface area contributed by atoms with Crippen molar-refractivity contribution in [1.29, 1.82) is 0 Å². The zero-order chi connectivity index (χ0) is 13.0. The van der Waals surface area contributed by atoms with Crippen LogP contribution < -0.4 is 10.5 Å². The number of rotatable bonds is 5. The summed E-state index contributed by atoms with van der Waals surface area (Å²) in [5.41, 5.74) is 6.32. The predicted molar refractivity (Wildman–Crippen MR) is 70.5 cm³/mol. The molecule has 96 valence electrons. The van der Waals surface area contributed by atoms with E-state index >= 15 is 0 Å². The lowest BCUT2D eigenvalue weighted by atomic mass is 10.3. The maximum absolute atomic E-state index is 12.0. The fraction of sp³-hybridized carbons (Fsp3) is 0.182. The van der Waals surface area contributed by atoms with Gasteiger partial charge in [0.1, 0.15) is 4.21 Å². The smallest absolute Gasteiger partial charge is 0.250 e. The molecule has 0 radical (unpaired) electrons. The highest BCUT2D eigenvalue weighted by Crippen LogP contribution is 2.21. The Morgan fingerprint density at radius 3 is 2.56 bits per heavy atom. The highest BCUT2D eigenvalue weighted by molar-refractivity contribution is 7.91. The molecule has 0 aliphatic carbocycles. The number of aromatic nitrogens is 1. The molecule has 18 heavy (non-hydrogen) atoms. The van der Waals surface area contributed by atoms with Gasteiger partial charge in [-0.25, -0.2) is 13.1 Å². The quantitative estimate of drug-likeness (QED) is 0.860. The Bertz CT molecular complexity index is 608. The number of hydrogen-bond acceptors (Lipinski definition) is 5. The molecule has 0 unspecified atom stereocenters. The van der Waals surface area contributed by atoms with Crippen LogP contribution in [-0.2, 0) is 23.1 Å². The summed E-state index contributed by atoms with van der Waals surface area (Å²) in [5.74, 6) is 0. The first kappa shape index (κ1) is 13.2. The van der Waals surface area contributed by atoms with E-state index in [1.807, 2.05) is 0 Å². The summed E-state index contributed by atoms with van der Waals surface area (Å²) in [6.45, 7) is 0.602. The molecule has 2 rings (SSSR count). The molecule has 0 aliphatic rings. The third-order valence-corrected chi connectivity index (χ3v) is 5.32. The molecule has 0 aliphatic heterocycles. The fourth-order valence-corrected chi connectivity index (χ4v) is 3.66. The van der Waals surface area contributed by atoms with Crippen LogP contribution in [-0.4, -0.2) is 13.4 Å². The Morgan fingerprint density at radius 2 is 1.94 bits per heavy atom. The standard InChI is InChI=1S/C11H13N3O2S2/c12-7-10-1-2-11(17-10)18(15,16)14-8-9-3-5-13-6-4-9/h1-6,14H,7-8,12H2. The first-order valence-corrected chi connectivity index (χ1v) is 7.59. The number of hydrogen-bond donors (Lipinski definition) is 2. The number of nitrogens with one attached hydrogen (secondary N) is 1. The van der Waals surface area contributed by atoms with E-state index in [1.165, 1.54) is 11.3 Å². The molecule has 0 spiro atoms. The lowest BCUT2D eigenvalue weighted by Crippen LogP contribution is -2.22. The van der Waals surface area contributed by atoms with Crippen LogP contribution in [0.25, 0.3) is 0 Å². The van der Waals surface area contributed by atoms with Crippen molar-refractivity contribution in [2.24, 2.45) is 5.73 Å². The summed E-state index contributed by atoms with van der Waals surface area (Å²) < 4.78 is 26.8. The summed E-state index contributed by atoms with van der Waals surface area (Å²) in [6, 6.07) is 6.83. The highest BCUT2D eigenvalue weighted by atomic mass is 32.2. The van der Waals surface area contributed by atoms with Crippen molar-refractivity contribution < 1.29 is 8.42 Å². The van der Waals surface area contributed by atoms with Crippen LogP contribution in [0.15, 0.2) is 40.9 Å². The molecular weight excluding hydrogens is 270 g/mol. The van der Waals surface area contributed by atoms with Gasteiger partial charge in [-0.1, -0.05) is 0 Å². The van der Waals surface area contributed by atoms with Gasteiger partial charge in [-0.05, 0) is 29.8 Å². The SMILES string of the molecule is NCc1ccc(S(=O)(=O)NCc2ccncc2)s1. The van der Waals surface area contributed by atoms with E-state index in [4.69, 9.17) is 5.73 Å². The Hall–Kier alpha value is -1.28. The van der Waals surface area contributed by atoms with Crippen molar-refractivity contribution in [3.05, 3.63) is 47.1 Å². The van der Waals surface area contributed by atoms with E-state index in [1.54, 1.807) is 36.7 Å². The second kappa shape index (κ2) is 5.57. The number of nitrogens with two attached hydrogens (primary N) is 1. The Morgan fingerprint density at radius 1 is 1.22 bits per heavy atom. The van der Waals surface area contributed by atoms with Crippen LogP contribution in [0.4, 0.5) is 0 Å². The molecule has 2 aromatic heterocycles. The summed E-state index contributed by atoms with van der Waals surface area (Å²) in [7, 11) is -3.46. The van der Waals surface area contributed by atoms with Crippen LogP contribution in [0.2, 0.25) is 0 Å². The van der Waals surface area contributed by atoms with Gasteiger partial charge in [0.15, 0.2) is 0 Å². The van der Waals surface area contributed by atoms with Crippen molar-refractivity contribution in [3.8, 4) is 0 Å². The molecular formula is C11H13N3O2S2. The number of pyridine rings is 1. The molecule has 0 fully saturated rings. The maximum atomic E-state index is 12.0. The molecule has 3 N–H and O–H groups in total. The van der Waals surface area contributed by atoms with E-state index in [2.05, 4.69) is 9.71 Å². The Labute approximate surface area is 110 Å². The van der Waals surface area contributed by atoms with Crippen LogP contribution in [0.5, 0.6) is 0 Å². The molecule has 7 heteroatoms. The monoisotopic (exact) mass is 283 g/mol. The van der Waals surface area contributed by atoms with Gasteiger partial charge in [0.2, 0.25) is 10.0 Å². The fourth-order valence-electron chi connectivity index (χ4n) is 1.36. The van der Waals surface area contributed by atoms with Crippen molar-refractivity contribution in [1.82, 2.24) is 9.71 Å². The second-order valence-corrected chi connectivity index (χ2v) is 6.77. The second-order valence-electron chi connectivity index (χ2n) is 3.60. The van der Waals surface area contributed by atoms with Gasteiger partial charge in [-0.3, -0.25) is 4.98 Å². The van der Waals surface area contributed by atoms with Crippen molar-refractivity contribution in [2.75, 3.05) is 0 Å². The van der Waals surface area contributed by atoms with E-state index < -0.39 is 10.0 Å². The largest absolute Gasteiger partial charge is 0.326 e. The van der Waals surface area contributed by atoms with Gasteiger partial charge >= 0.3 is 0 Å². The summed E-state index contributed by atoms with van der Waals surface area (Å²) in [4.78, 5) is 4.72. The first-order chi connectivity index (χ1) is 8.62. The third-order valence-electron chi connectivity index (χ3n) is 2.32. The van der Waals surface area contributed by atoms with Crippen LogP contribution in [0.3, 0.4) is 0 Å². The zero-order valence-electron chi connectivity index (χ0n) is 9.54. The number of sulfonamides is 1. The molecule has 2 aromatic rings. The van der Waals surface area contributed by atoms with Gasteiger partial charge in [-0.15, -0.1) is 11.3 Å². The minimum Gasteiger partial charge on any atom is -0.326 e. The normalized spacial score (nSPS) is 11.6. The number of thiophene rings is 1. The summed E-state index contributed by atoms with van der Waals surface area (Å²) >= 11 is 1.19. The Kier molecular flexibility index (Phi) is 4.07. The van der Waals surface area contributed by atoms with E-state index in [0.717, 1.165) is 10.4 Å². The molecule has 5 nitrogen and oxygen atoms in total. The van der Waals surface area contributed by atoms with Crippen molar-refractivity contribution >= 4 is 21.4 Å². The summed E-state index contributed by atoms with van der Waals surface area (Å²) in [6.07, 6.45) is 3.25. The average molecular weight is 283 g/mol. The maximum Gasteiger partial charge on any atom is 0.250 e. The molecule has 0 saturated carbocycles. The molecule has 0 amide bonds. The van der Waals surface area contributed by atoms with Crippen molar-refractivity contribution in [2.45, 2.75) is 17.3 Å². The third kappa shape index (κ3) is 3.14. The van der Waals surface area contributed by atoms with E-state index in [0.29, 0.717) is 6.54 Å². The molecule has 2 heterocycles. The Balaban J connectivity index is 2.08. The molecule has 0 bridgehead atoms. The average Bonchev–Trinajstić information content (AvgIpc) is 2.87. The summed E-state index contributed by atoms with van der Waals surface area (Å²) in [5, 5.41) is 0. The van der Waals surface area contributed by atoms with Gasteiger partial charge in [0.25, 0.3) is 0 Å². The van der Waals surface area contributed by atoms with Crippen molar-refractivity contribution in [3.63, 3.8) is 0 Å². The highest BCUT2D eigenvalue weighted by Gasteiger charge is 2.15. The first-order valence-electron chi connectivity index (χ1n) is 5.29. The molecule has 0 atom stereocenters. The van der Waals surface area contributed by atoms with Gasteiger partial charge in [0, 0.05) is 30.4 Å². The zero-order valence-corrected chi connectivity index (χ0v) is 11.2. The van der Waals surface area contributed by atoms with E-state index in [-0.39, 0.29) is 10.8 Å². The number of nitrogens with zero attached hydrogens (tertiary/aromatic N) is 1. The lowest BCUT2D eigenvalue weighted by Gasteiger charge is -2.04. The van der Waals surface area contributed by atoms with E-state index in [9.17, 15) is 8.42 Å². The van der Waals surface area contributed by atoms with Crippen LogP contribution in [0, 0.1) is 0 Å². The molecule has 0 aromatic carbocycles.